The Morgan fingerprint density at radius 3 is 1.42 bits per heavy atom. The van der Waals surface area contributed by atoms with Gasteiger partial charge in [-0.3, -0.25) is 24.0 Å². The lowest BCUT2D eigenvalue weighted by Gasteiger charge is -2.51. The van der Waals surface area contributed by atoms with Gasteiger partial charge in [-0.1, -0.05) is 176 Å². The third-order valence-electron chi connectivity index (χ3n) is 30.1. The maximum Gasteiger partial charge on any atom is 0.316 e. The summed E-state index contributed by atoms with van der Waals surface area (Å²) in [5.41, 5.74) is 0.985. The highest BCUT2D eigenvalue weighted by Gasteiger charge is 2.59. The fourth-order valence-electron chi connectivity index (χ4n) is 23.0. The van der Waals surface area contributed by atoms with Gasteiger partial charge in [0.05, 0.1) is 27.8 Å². The average Bonchev–Trinajstić information content (AvgIpc) is 1.66. The number of hydrogen-bond acceptors (Lipinski definition) is 11. The smallest absolute Gasteiger partial charge is 0.316 e. The van der Waals surface area contributed by atoms with Crippen LogP contribution in [0.1, 0.15) is 321 Å². The fourth-order valence-corrected chi connectivity index (χ4v) is 23.0. The number of unbranched alkanes of at least 4 members (excludes halogenated alkanes) is 1. The molecule has 6 saturated heterocycles. The zero-order valence-electron chi connectivity index (χ0n) is 65.0. The second-order valence-electron chi connectivity index (χ2n) is 37.8. The van der Waals surface area contributed by atoms with E-state index in [2.05, 4.69) is 94.9 Å². The van der Waals surface area contributed by atoms with E-state index in [1.807, 2.05) is 45.0 Å². The topological polar surface area (TPSA) is 141 Å². The van der Waals surface area contributed by atoms with Gasteiger partial charge in [0, 0.05) is 36.7 Å². The second-order valence-corrected chi connectivity index (χ2v) is 37.8. The van der Waals surface area contributed by atoms with Gasteiger partial charge < -0.3 is 28.4 Å². The molecule has 0 radical (unpaired) electrons. The first-order chi connectivity index (χ1) is 47.1. The van der Waals surface area contributed by atoms with E-state index in [1.54, 1.807) is 0 Å². The molecule has 8 aliphatic carbocycles. The number of allylic oxidation sites excluding steroid dienone is 1. The van der Waals surface area contributed by atoms with E-state index in [9.17, 15) is 24.0 Å². The Morgan fingerprint density at radius 1 is 0.455 bits per heavy atom. The van der Waals surface area contributed by atoms with Crippen LogP contribution < -0.4 is 0 Å². The summed E-state index contributed by atoms with van der Waals surface area (Å²) in [5, 5.41) is 0. The molecule has 99 heavy (non-hydrogen) atoms. The third-order valence-corrected chi connectivity index (χ3v) is 30.1. The van der Waals surface area contributed by atoms with Crippen molar-refractivity contribution in [3.63, 3.8) is 0 Å². The number of carbonyl (C=O) groups excluding carboxylic acids is 5. The third kappa shape index (κ3) is 17.3. The molecular weight excluding hydrogens is 1230 g/mol. The van der Waals surface area contributed by atoms with Crippen molar-refractivity contribution < 1.29 is 52.4 Å². The molecule has 0 amide bonds. The molecule has 11 nitrogen and oxygen atoms in total. The van der Waals surface area contributed by atoms with Gasteiger partial charge in [0.15, 0.2) is 0 Å². The van der Waals surface area contributed by atoms with Crippen LogP contribution >= 0.6 is 0 Å². The first-order valence-electron chi connectivity index (χ1n) is 41.4. The molecule has 19 unspecified atom stereocenters. The SMILES string of the molecule is C=CCC1(C)C(=O)OC2C[C@H](C)CCC21.CC1CC(=O)OC2CC(C)(C3CCCCC3)CCC12.CC1CCOC2CC(C)(C3CCCCC3)CCC12.CCCCC1(C)C(=O)OC2C[C@H](C)CCC21.C[C@@H]1CCC2C(C1)OC(=O)C2(C)C.C[C@@H]1CCC2C(C1)OC(=O)C2(C)c1ccccc1. The number of fused-ring (bicyclic) bond motifs is 6. The van der Waals surface area contributed by atoms with Gasteiger partial charge in [-0.05, 0) is 245 Å². The molecule has 0 N–H and O–H groups in total. The lowest BCUT2D eigenvalue weighted by Crippen LogP contribution is -2.47. The summed E-state index contributed by atoms with van der Waals surface area (Å²) >= 11 is 0. The van der Waals surface area contributed by atoms with Gasteiger partial charge in [-0.2, -0.15) is 0 Å². The van der Waals surface area contributed by atoms with E-state index in [1.165, 1.54) is 135 Å². The molecule has 1 aromatic carbocycles. The number of esters is 5. The molecule has 14 aliphatic rings. The molecule has 8 saturated carbocycles. The van der Waals surface area contributed by atoms with Gasteiger partial charge >= 0.3 is 29.8 Å². The van der Waals surface area contributed by atoms with Crippen molar-refractivity contribution >= 4 is 29.8 Å². The second kappa shape index (κ2) is 33.2. The summed E-state index contributed by atoms with van der Waals surface area (Å²) in [4.78, 5) is 59.5. The van der Waals surface area contributed by atoms with Crippen molar-refractivity contribution in [2.75, 3.05) is 6.61 Å². The predicted molar refractivity (Wildman–Crippen MR) is 395 cm³/mol. The monoisotopic (exact) mass is 1370 g/mol. The zero-order chi connectivity index (χ0) is 71.2. The minimum atomic E-state index is -0.438. The Bertz CT molecular complexity index is 2840. The fraction of sp³-hybridized carbons (Fsp3) is 0.852. The lowest BCUT2D eigenvalue weighted by molar-refractivity contribution is -0.172. The highest BCUT2D eigenvalue weighted by Crippen LogP contribution is 2.57. The molecule has 1 aromatic rings. The maximum absolute atomic E-state index is 12.3. The first kappa shape index (κ1) is 77.9. The van der Waals surface area contributed by atoms with Crippen LogP contribution in [0.3, 0.4) is 0 Å². The highest BCUT2D eigenvalue weighted by molar-refractivity contribution is 5.86. The van der Waals surface area contributed by atoms with E-state index in [-0.39, 0.29) is 76.6 Å². The van der Waals surface area contributed by atoms with Crippen molar-refractivity contribution in [3.05, 3.63) is 48.6 Å². The van der Waals surface area contributed by atoms with E-state index in [4.69, 9.17) is 28.4 Å². The van der Waals surface area contributed by atoms with E-state index in [0.29, 0.717) is 70.7 Å². The van der Waals surface area contributed by atoms with E-state index < -0.39 is 5.41 Å². The molecule has 558 valence electrons. The van der Waals surface area contributed by atoms with Crippen molar-refractivity contribution in [2.24, 2.45) is 110 Å². The standard InChI is InChI=1S/C17H28O2.C17H30O.C16H20O2.C14H24O2.C13H20O2.C11H18O2/c1-12-10-16(18)19-15-11-17(2,9-8-14(12)15)13-6-4-3-5-7-13;1-13-9-11-18-16-12-17(2,10-8-15(13)16)14-6-4-3-5-7-14;1-11-8-9-13-14(10-11)18-15(17)16(13,2)12-6-4-3-5-7-12;1-4-5-8-14(3)11-7-6-10(2)9-12(11)16-13(14)15;1-4-7-13(3)10-6-5-9(2)8-11(10)15-12(13)14;1-7-4-5-8-9(6-7)13-10(12)11(8,2)3/h12-15H,3-11H2,1-2H3;13-16H,3-12H2,1-2H3;3-7,11,13-14H,8-10H2,1-2H3;10-12H,4-9H2,1-3H3;4,9-11H,1,5-8H2,2-3H3;7-9H,4-6H2,1-3H3/t;;11-,13?,14?,16?;10-,11?,12?,14?;9-,10?,11?,13?;7-,8?,9?/m..1111/s1. The average molecular weight is 1370 g/mol. The van der Waals surface area contributed by atoms with Gasteiger partial charge in [0.2, 0.25) is 0 Å². The molecule has 23 atom stereocenters. The van der Waals surface area contributed by atoms with Crippen LogP contribution in [0.2, 0.25) is 0 Å². The van der Waals surface area contributed by atoms with Crippen molar-refractivity contribution in [1.82, 2.24) is 0 Å². The van der Waals surface area contributed by atoms with Gasteiger partial charge in [0.25, 0.3) is 0 Å². The summed E-state index contributed by atoms with van der Waals surface area (Å²) in [6.07, 6.45) is 45.6. The summed E-state index contributed by atoms with van der Waals surface area (Å²) in [5.74, 6) is 9.44. The van der Waals surface area contributed by atoms with Crippen LogP contribution in [0, 0.1) is 110 Å². The van der Waals surface area contributed by atoms with Crippen molar-refractivity contribution in [3.8, 4) is 0 Å². The first-order valence-corrected chi connectivity index (χ1v) is 41.4. The maximum atomic E-state index is 12.3. The number of rotatable bonds is 8. The summed E-state index contributed by atoms with van der Waals surface area (Å²) in [6.45, 7) is 36.0. The predicted octanol–water partition coefficient (Wildman–Crippen LogP) is 21.3. The Morgan fingerprint density at radius 2 is 0.899 bits per heavy atom. The molecule has 6 heterocycles. The lowest BCUT2D eigenvalue weighted by atomic mass is 9.58. The summed E-state index contributed by atoms with van der Waals surface area (Å²) in [7, 11) is 0. The van der Waals surface area contributed by atoms with Crippen molar-refractivity contribution in [1.29, 1.82) is 0 Å². The number of benzene rings is 1. The zero-order valence-corrected chi connectivity index (χ0v) is 65.0. The summed E-state index contributed by atoms with van der Waals surface area (Å²) in [6, 6.07) is 10.1. The molecule has 0 aromatic heterocycles. The molecule has 15 rings (SSSR count). The number of carbonyl (C=O) groups is 5. The molecule has 14 fully saturated rings. The Labute approximate surface area is 601 Å². The quantitative estimate of drug-likeness (QED) is 0.140. The van der Waals surface area contributed by atoms with E-state index >= 15 is 0 Å². The Balaban J connectivity index is 0.000000129. The van der Waals surface area contributed by atoms with Crippen LogP contribution in [0.25, 0.3) is 0 Å². The molecule has 6 aliphatic heterocycles. The molecular formula is C88H140O11. The summed E-state index contributed by atoms with van der Waals surface area (Å²) < 4.78 is 34.1. The number of hydrogen-bond donors (Lipinski definition) is 0. The molecule has 11 heteroatoms. The van der Waals surface area contributed by atoms with Gasteiger partial charge in [-0.15, -0.1) is 6.58 Å². The molecule has 0 spiro atoms. The number of ether oxygens (including phenoxy) is 6. The van der Waals surface area contributed by atoms with E-state index in [0.717, 1.165) is 125 Å². The highest BCUT2D eigenvalue weighted by atomic mass is 16.6. The normalized spacial score (nSPS) is 43.5. The van der Waals surface area contributed by atoms with Crippen LogP contribution in [0.5, 0.6) is 0 Å². The minimum Gasteiger partial charge on any atom is -0.462 e. The van der Waals surface area contributed by atoms with Gasteiger partial charge in [0.1, 0.15) is 30.5 Å². The molecule has 0 bridgehead atoms. The van der Waals surface area contributed by atoms with Crippen molar-refractivity contribution in [2.45, 2.75) is 357 Å². The Hall–Kier alpha value is -3.73. The van der Waals surface area contributed by atoms with Crippen LogP contribution in [0.15, 0.2) is 43.0 Å². The van der Waals surface area contributed by atoms with Crippen LogP contribution in [0.4, 0.5) is 0 Å². The van der Waals surface area contributed by atoms with Crippen LogP contribution in [-0.4, -0.2) is 73.1 Å². The Kier molecular flexibility index (Phi) is 26.1. The minimum absolute atomic E-state index is 0.00787. The largest absolute Gasteiger partial charge is 0.462 e. The van der Waals surface area contributed by atoms with Gasteiger partial charge in [-0.25, -0.2) is 0 Å². The van der Waals surface area contributed by atoms with Crippen LogP contribution in [-0.2, 0) is 57.8 Å².